The fraction of sp³-hybridized carbons (Fsp3) is 0.250. The summed E-state index contributed by atoms with van der Waals surface area (Å²) in [4.78, 5) is 10.4. The summed E-state index contributed by atoms with van der Waals surface area (Å²) < 4.78 is 2.24. The summed E-state index contributed by atoms with van der Waals surface area (Å²) in [7, 11) is 0. The Hall–Kier alpha value is -5.57. The molecule has 0 atom stereocenters. The number of aromatic nitrogens is 3. The van der Waals surface area contributed by atoms with Gasteiger partial charge in [0, 0.05) is 38.6 Å². The van der Waals surface area contributed by atoms with Crippen molar-refractivity contribution >= 4 is 11.0 Å². The van der Waals surface area contributed by atoms with Crippen LogP contribution in [0.25, 0.3) is 72.7 Å². The van der Waals surface area contributed by atoms with Gasteiger partial charge in [-0.05, 0) is 105 Å². The number of aryl methyl sites for hydroxylation is 2. The fourth-order valence-corrected chi connectivity index (χ4v) is 8.07. The number of rotatable bonds is 6. The number of hydrogen-bond acceptors (Lipinski definition) is 3. The van der Waals surface area contributed by atoms with Crippen LogP contribution in [0.4, 0.5) is 0 Å². The first kappa shape index (κ1) is 43.5. The SMILES string of the molecule is Cc1cc(C)c(O)c(-c2nc3c(-c4[c-]c(-c5cc(-c6ccc(C(C)(C)C)cc6)ccn5)cc(C(C)(C)C)c4)cccc3n2-c2cc(-c3ccccc3)cc(C(C)(C)C)c2)c1.[Pt]. The van der Waals surface area contributed by atoms with Gasteiger partial charge in [-0.3, -0.25) is 9.55 Å². The van der Waals surface area contributed by atoms with Crippen LogP contribution in [0.15, 0.2) is 134 Å². The summed E-state index contributed by atoms with van der Waals surface area (Å²) >= 11 is 0. The van der Waals surface area contributed by atoms with Crippen LogP contribution in [-0.4, -0.2) is 19.6 Å². The van der Waals surface area contributed by atoms with Crippen LogP contribution in [0.3, 0.4) is 0 Å². The van der Waals surface area contributed by atoms with E-state index in [2.05, 4.69) is 195 Å². The van der Waals surface area contributed by atoms with E-state index >= 15 is 0 Å². The number of hydrogen-bond donors (Lipinski definition) is 1. The van der Waals surface area contributed by atoms with E-state index in [0.717, 1.165) is 72.5 Å². The first-order valence-corrected chi connectivity index (χ1v) is 21.0. The molecule has 0 spiro atoms. The van der Waals surface area contributed by atoms with Gasteiger partial charge in [0.05, 0.1) is 16.6 Å². The van der Waals surface area contributed by atoms with Crippen molar-refractivity contribution in [2.45, 2.75) is 92.4 Å². The van der Waals surface area contributed by atoms with Gasteiger partial charge in [0.25, 0.3) is 0 Å². The minimum atomic E-state index is -0.149. The molecule has 8 aromatic rings. The summed E-state index contributed by atoms with van der Waals surface area (Å²) in [6, 6.07) is 49.3. The number of benzene rings is 6. The molecule has 6 aromatic carbocycles. The zero-order chi connectivity index (χ0) is 42.7. The maximum Gasteiger partial charge on any atom is 0.148 e. The quantitative estimate of drug-likeness (QED) is 0.169. The summed E-state index contributed by atoms with van der Waals surface area (Å²) in [6.45, 7) is 24.3. The van der Waals surface area contributed by atoms with E-state index in [1.807, 2.05) is 25.3 Å². The molecule has 0 aliphatic heterocycles. The molecule has 0 saturated carbocycles. The molecule has 312 valence electrons. The number of pyridine rings is 1. The predicted octanol–water partition coefficient (Wildman–Crippen LogP) is 14.8. The summed E-state index contributed by atoms with van der Waals surface area (Å²) in [5.41, 5.74) is 17.1. The first-order valence-electron chi connectivity index (χ1n) is 21.0. The number of phenolic OH excluding ortho intramolecular Hbond substituents is 1. The summed E-state index contributed by atoms with van der Waals surface area (Å²) in [5.74, 6) is 0.919. The van der Waals surface area contributed by atoms with Crippen LogP contribution in [0.5, 0.6) is 5.75 Å². The minimum Gasteiger partial charge on any atom is -0.507 e. The molecular weight excluding hydrogens is 926 g/mol. The van der Waals surface area contributed by atoms with Crippen molar-refractivity contribution in [1.82, 2.24) is 14.5 Å². The van der Waals surface area contributed by atoms with Crippen LogP contribution < -0.4 is 0 Å². The Labute approximate surface area is 377 Å². The van der Waals surface area contributed by atoms with E-state index in [9.17, 15) is 5.11 Å². The van der Waals surface area contributed by atoms with Gasteiger partial charge >= 0.3 is 0 Å². The van der Waals surface area contributed by atoms with Crippen LogP contribution in [-0.2, 0) is 37.3 Å². The third-order valence-corrected chi connectivity index (χ3v) is 11.7. The largest absolute Gasteiger partial charge is 0.507 e. The molecule has 0 aliphatic carbocycles. The van der Waals surface area contributed by atoms with E-state index < -0.39 is 0 Å². The minimum absolute atomic E-state index is 0. The van der Waals surface area contributed by atoms with Gasteiger partial charge in [0.1, 0.15) is 11.6 Å². The number of phenols is 1. The third kappa shape index (κ3) is 8.79. The van der Waals surface area contributed by atoms with Crippen molar-refractivity contribution in [1.29, 1.82) is 0 Å². The second-order valence-corrected chi connectivity index (χ2v) is 19.5. The molecule has 0 fully saturated rings. The van der Waals surface area contributed by atoms with Gasteiger partial charge in [-0.1, -0.05) is 158 Å². The maximum absolute atomic E-state index is 11.8. The van der Waals surface area contributed by atoms with Crippen LogP contribution in [0.2, 0.25) is 0 Å². The van der Waals surface area contributed by atoms with Gasteiger partial charge in [0.15, 0.2) is 0 Å². The molecule has 2 heterocycles. The van der Waals surface area contributed by atoms with Crippen molar-refractivity contribution in [3.63, 3.8) is 0 Å². The van der Waals surface area contributed by atoms with Crippen LogP contribution >= 0.6 is 0 Å². The molecule has 1 N–H and O–H groups in total. The molecule has 0 aliphatic rings. The standard InChI is InChI=1S/C56H56N3O.Pt/c1-35-26-36(2)52(60)48(27-35)53-58-51-47(18-15-19-50(51)59(53)46-32-40(37-16-13-12-14-17-37)29-45(34-46)56(9,10)11)41-28-42(31-44(30-41)55(6,7)8)49-33-39(24-25-57-49)38-20-22-43(23-21-38)54(3,4)5;/h12-27,29-34,60H,1-11H3;/q-1;. The normalized spacial score (nSPS) is 12.1. The Bertz CT molecular complexity index is 2880. The molecule has 2 aromatic heterocycles. The second-order valence-electron chi connectivity index (χ2n) is 19.5. The molecule has 0 bridgehead atoms. The fourth-order valence-electron chi connectivity index (χ4n) is 8.07. The Kier molecular flexibility index (Phi) is 11.7. The Morgan fingerprint density at radius 1 is 0.541 bits per heavy atom. The van der Waals surface area contributed by atoms with Gasteiger partial charge in [-0.25, -0.2) is 4.98 Å². The Morgan fingerprint density at radius 3 is 1.85 bits per heavy atom. The third-order valence-electron chi connectivity index (χ3n) is 11.7. The van der Waals surface area contributed by atoms with E-state index in [4.69, 9.17) is 9.97 Å². The van der Waals surface area contributed by atoms with E-state index in [-0.39, 0.29) is 43.1 Å². The van der Waals surface area contributed by atoms with E-state index in [0.29, 0.717) is 11.4 Å². The number of fused-ring (bicyclic) bond motifs is 1. The average Bonchev–Trinajstić information content (AvgIpc) is 3.61. The predicted molar refractivity (Wildman–Crippen MR) is 252 cm³/mol. The van der Waals surface area contributed by atoms with Crippen LogP contribution in [0.1, 0.15) is 90.1 Å². The van der Waals surface area contributed by atoms with E-state index in [1.165, 1.54) is 16.7 Å². The zero-order valence-corrected chi connectivity index (χ0v) is 39.6. The zero-order valence-electron chi connectivity index (χ0n) is 37.3. The summed E-state index contributed by atoms with van der Waals surface area (Å²) in [5, 5.41) is 11.8. The van der Waals surface area contributed by atoms with Gasteiger partial charge in [0.2, 0.25) is 0 Å². The number of aromatic hydroxyl groups is 1. The smallest absolute Gasteiger partial charge is 0.148 e. The van der Waals surface area contributed by atoms with Crippen molar-refractivity contribution < 1.29 is 26.2 Å². The molecule has 8 rings (SSSR count). The molecule has 0 unspecified atom stereocenters. The van der Waals surface area contributed by atoms with Crippen molar-refractivity contribution in [2.24, 2.45) is 0 Å². The monoisotopic (exact) mass is 981 g/mol. The second kappa shape index (κ2) is 16.4. The maximum atomic E-state index is 11.8. The first-order chi connectivity index (χ1) is 28.3. The van der Waals surface area contributed by atoms with E-state index in [1.54, 1.807) is 0 Å². The van der Waals surface area contributed by atoms with Crippen molar-refractivity contribution in [3.8, 4) is 67.5 Å². The number of nitrogens with zero attached hydrogens (tertiary/aromatic N) is 3. The van der Waals surface area contributed by atoms with Crippen molar-refractivity contribution in [2.75, 3.05) is 0 Å². The molecule has 0 radical (unpaired) electrons. The average molecular weight is 982 g/mol. The number of para-hydroxylation sites is 1. The summed E-state index contributed by atoms with van der Waals surface area (Å²) in [6.07, 6.45) is 1.90. The van der Waals surface area contributed by atoms with Gasteiger partial charge in [-0.15, -0.1) is 29.3 Å². The Morgan fingerprint density at radius 2 is 1.18 bits per heavy atom. The number of imidazole rings is 1. The molecule has 61 heavy (non-hydrogen) atoms. The molecule has 5 heteroatoms. The van der Waals surface area contributed by atoms with Gasteiger partial charge in [-0.2, -0.15) is 0 Å². The molecule has 0 saturated heterocycles. The van der Waals surface area contributed by atoms with Crippen LogP contribution in [0, 0.1) is 19.9 Å². The molecule has 0 amide bonds. The van der Waals surface area contributed by atoms with Gasteiger partial charge < -0.3 is 5.11 Å². The topological polar surface area (TPSA) is 50.9 Å². The van der Waals surface area contributed by atoms with Crippen molar-refractivity contribution in [3.05, 3.63) is 167 Å². The molecule has 4 nitrogen and oxygen atoms in total. The Balaban J connectivity index is 0.00000561. The molecular formula is C56H56N3OPt-.